The van der Waals surface area contributed by atoms with E-state index < -0.39 is 0 Å². The van der Waals surface area contributed by atoms with Crippen molar-refractivity contribution in [1.82, 2.24) is 9.55 Å². The van der Waals surface area contributed by atoms with E-state index in [0.717, 1.165) is 29.3 Å². The first kappa shape index (κ1) is 15.2. The van der Waals surface area contributed by atoms with Gasteiger partial charge in [0.2, 0.25) is 0 Å². The van der Waals surface area contributed by atoms with Gasteiger partial charge in [0.15, 0.2) is 0 Å². The fourth-order valence-corrected chi connectivity index (χ4v) is 3.23. The van der Waals surface area contributed by atoms with Crippen molar-refractivity contribution in [3.63, 3.8) is 0 Å². The Balaban J connectivity index is 2.53. The molecule has 0 amide bonds. The Morgan fingerprint density at radius 1 is 1.35 bits per heavy atom. The average molecular weight is 291 g/mol. The van der Waals surface area contributed by atoms with Crippen LogP contribution in [0.4, 0.5) is 5.69 Å². The molecule has 3 nitrogen and oxygen atoms in total. The van der Waals surface area contributed by atoms with E-state index in [4.69, 9.17) is 10.7 Å². The normalized spacial score (nSPS) is 13.8. The molecule has 0 aliphatic heterocycles. The van der Waals surface area contributed by atoms with Gasteiger partial charge in [-0.3, -0.25) is 0 Å². The number of hydrogen-bond acceptors (Lipinski definition) is 3. The van der Waals surface area contributed by atoms with E-state index in [1.165, 1.54) is 5.52 Å². The number of fused-ring (bicyclic) bond motifs is 1. The number of aromatic nitrogens is 2. The lowest BCUT2D eigenvalue weighted by molar-refractivity contribution is 0.462. The van der Waals surface area contributed by atoms with Gasteiger partial charge in [-0.1, -0.05) is 27.7 Å². The molecule has 0 aliphatic carbocycles. The third-order valence-electron chi connectivity index (χ3n) is 3.39. The standard InChI is InChI=1S/C16H25N3S/c1-11(10-20-5)9-19-14-7-6-12(17)8-13(14)18-15(19)16(2,3)4/h6-8,11H,9-10,17H2,1-5H3. The van der Waals surface area contributed by atoms with Crippen LogP contribution < -0.4 is 5.73 Å². The minimum absolute atomic E-state index is 0.0346. The number of nitrogens with two attached hydrogens (primary N) is 1. The number of benzene rings is 1. The predicted molar refractivity (Wildman–Crippen MR) is 90.4 cm³/mol. The van der Waals surface area contributed by atoms with E-state index in [1.54, 1.807) is 0 Å². The Kier molecular flexibility index (Phi) is 4.33. The second-order valence-electron chi connectivity index (χ2n) is 6.60. The maximum absolute atomic E-state index is 5.89. The SMILES string of the molecule is CSCC(C)Cn1c(C(C)(C)C)nc2cc(N)ccc21. The molecule has 4 heteroatoms. The van der Waals surface area contributed by atoms with Gasteiger partial charge in [-0.25, -0.2) is 4.98 Å². The summed E-state index contributed by atoms with van der Waals surface area (Å²) in [7, 11) is 0. The maximum Gasteiger partial charge on any atom is 0.115 e. The van der Waals surface area contributed by atoms with Crippen LogP contribution in [0.1, 0.15) is 33.5 Å². The number of hydrogen-bond donors (Lipinski definition) is 1. The van der Waals surface area contributed by atoms with Gasteiger partial charge in [0.05, 0.1) is 11.0 Å². The zero-order chi connectivity index (χ0) is 14.9. The highest BCUT2D eigenvalue weighted by atomic mass is 32.2. The highest BCUT2D eigenvalue weighted by molar-refractivity contribution is 7.98. The van der Waals surface area contributed by atoms with Crippen LogP contribution in [0.5, 0.6) is 0 Å². The molecule has 0 saturated heterocycles. The zero-order valence-corrected chi connectivity index (χ0v) is 13.9. The Bertz CT molecular complexity index is 596. The van der Waals surface area contributed by atoms with Gasteiger partial charge in [-0.15, -0.1) is 0 Å². The Hall–Kier alpha value is -1.16. The van der Waals surface area contributed by atoms with Gasteiger partial charge in [0.1, 0.15) is 5.82 Å². The molecule has 20 heavy (non-hydrogen) atoms. The van der Waals surface area contributed by atoms with Crippen LogP contribution in [-0.2, 0) is 12.0 Å². The average Bonchev–Trinajstić information content (AvgIpc) is 2.67. The number of rotatable bonds is 4. The first-order valence-electron chi connectivity index (χ1n) is 7.08. The maximum atomic E-state index is 5.89. The molecular formula is C16H25N3S. The molecule has 2 N–H and O–H groups in total. The molecule has 1 unspecified atom stereocenters. The molecule has 1 atom stereocenters. The van der Waals surface area contributed by atoms with Gasteiger partial charge in [0.25, 0.3) is 0 Å². The summed E-state index contributed by atoms with van der Waals surface area (Å²) in [6, 6.07) is 6.03. The molecule has 1 aromatic heterocycles. The van der Waals surface area contributed by atoms with E-state index in [9.17, 15) is 0 Å². The number of nitrogen functional groups attached to an aromatic ring is 1. The minimum Gasteiger partial charge on any atom is -0.399 e. The smallest absolute Gasteiger partial charge is 0.115 e. The van der Waals surface area contributed by atoms with Crippen LogP contribution in [-0.4, -0.2) is 21.6 Å². The molecule has 0 spiro atoms. The van der Waals surface area contributed by atoms with Crippen molar-refractivity contribution in [2.24, 2.45) is 5.92 Å². The quantitative estimate of drug-likeness (QED) is 0.868. The third kappa shape index (κ3) is 3.11. The molecule has 1 heterocycles. The molecule has 1 aromatic carbocycles. The van der Waals surface area contributed by atoms with Gasteiger partial charge < -0.3 is 10.3 Å². The summed E-state index contributed by atoms with van der Waals surface area (Å²) >= 11 is 1.90. The third-order valence-corrected chi connectivity index (χ3v) is 4.29. The summed E-state index contributed by atoms with van der Waals surface area (Å²) in [5.41, 5.74) is 8.90. The molecule has 0 fully saturated rings. The fourth-order valence-electron chi connectivity index (χ4n) is 2.55. The van der Waals surface area contributed by atoms with Crippen molar-refractivity contribution < 1.29 is 0 Å². The van der Waals surface area contributed by atoms with E-state index in [-0.39, 0.29) is 5.41 Å². The Morgan fingerprint density at radius 2 is 2.05 bits per heavy atom. The summed E-state index contributed by atoms with van der Waals surface area (Å²) in [6.45, 7) is 9.95. The molecule has 0 radical (unpaired) electrons. The summed E-state index contributed by atoms with van der Waals surface area (Å²) in [6.07, 6.45) is 2.16. The predicted octanol–water partition coefficient (Wildman–Crippen LogP) is 3.92. The van der Waals surface area contributed by atoms with Crippen molar-refractivity contribution in [2.75, 3.05) is 17.7 Å². The van der Waals surface area contributed by atoms with Crippen molar-refractivity contribution in [3.8, 4) is 0 Å². The first-order valence-corrected chi connectivity index (χ1v) is 8.47. The minimum atomic E-state index is 0.0346. The van der Waals surface area contributed by atoms with Gasteiger partial charge >= 0.3 is 0 Å². The van der Waals surface area contributed by atoms with Crippen molar-refractivity contribution in [2.45, 2.75) is 39.7 Å². The molecular weight excluding hydrogens is 266 g/mol. The number of nitrogens with zero attached hydrogens (tertiary/aromatic N) is 2. The van der Waals surface area contributed by atoms with Gasteiger partial charge in [0, 0.05) is 17.6 Å². The molecule has 2 rings (SSSR count). The molecule has 110 valence electrons. The Morgan fingerprint density at radius 3 is 2.65 bits per heavy atom. The largest absolute Gasteiger partial charge is 0.399 e. The van der Waals surface area contributed by atoms with E-state index in [2.05, 4.69) is 44.6 Å². The van der Waals surface area contributed by atoms with Crippen LogP contribution in [0.15, 0.2) is 18.2 Å². The van der Waals surface area contributed by atoms with Crippen LogP contribution >= 0.6 is 11.8 Å². The van der Waals surface area contributed by atoms with Gasteiger partial charge in [-0.05, 0) is 36.1 Å². The lowest BCUT2D eigenvalue weighted by atomic mass is 9.95. The highest BCUT2D eigenvalue weighted by Crippen LogP contribution is 2.28. The molecule has 0 aliphatic rings. The highest BCUT2D eigenvalue weighted by Gasteiger charge is 2.23. The van der Waals surface area contributed by atoms with Gasteiger partial charge in [-0.2, -0.15) is 11.8 Å². The van der Waals surface area contributed by atoms with Crippen LogP contribution in [0.25, 0.3) is 11.0 Å². The molecule has 0 bridgehead atoms. The number of thioether (sulfide) groups is 1. The lowest BCUT2D eigenvalue weighted by Gasteiger charge is -2.22. The van der Waals surface area contributed by atoms with Crippen LogP contribution in [0.2, 0.25) is 0 Å². The van der Waals surface area contributed by atoms with Crippen LogP contribution in [0, 0.1) is 5.92 Å². The van der Waals surface area contributed by atoms with E-state index in [0.29, 0.717) is 5.92 Å². The summed E-state index contributed by atoms with van der Waals surface area (Å²) in [4.78, 5) is 4.83. The monoisotopic (exact) mass is 291 g/mol. The van der Waals surface area contributed by atoms with E-state index in [1.807, 2.05) is 23.9 Å². The first-order chi connectivity index (χ1) is 9.32. The van der Waals surface area contributed by atoms with Crippen molar-refractivity contribution in [3.05, 3.63) is 24.0 Å². The zero-order valence-electron chi connectivity index (χ0n) is 13.1. The number of imidazole rings is 1. The topological polar surface area (TPSA) is 43.8 Å². The second kappa shape index (κ2) is 5.68. The summed E-state index contributed by atoms with van der Waals surface area (Å²) < 4.78 is 2.37. The lowest BCUT2D eigenvalue weighted by Crippen LogP contribution is -2.21. The van der Waals surface area contributed by atoms with Crippen molar-refractivity contribution >= 4 is 28.5 Å². The fraction of sp³-hybridized carbons (Fsp3) is 0.562. The number of anilines is 1. The van der Waals surface area contributed by atoms with E-state index >= 15 is 0 Å². The molecule has 2 aromatic rings. The second-order valence-corrected chi connectivity index (χ2v) is 7.52. The molecule has 0 saturated carbocycles. The summed E-state index contributed by atoms with van der Waals surface area (Å²) in [5, 5.41) is 0. The van der Waals surface area contributed by atoms with Crippen molar-refractivity contribution in [1.29, 1.82) is 0 Å². The van der Waals surface area contributed by atoms with Crippen LogP contribution in [0.3, 0.4) is 0 Å². The Labute approximate surface area is 125 Å². The summed E-state index contributed by atoms with van der Waals surface area (Å²) in [5.74, 6) is 2.94.